The van der Waals surface area contributed by atoms with E-state index in [1.807, 2.05) is 18.2 Å². The normalized spacial score (nSPS) is 14.5. The average Bonchev–Trinajstić information content (AvgIpc) is 3.35. The molecule has 0 radical (unpaired) electrons. The molecule has 156 valence electrons. The minimum atomic E-state index is -0.486. The summed E-state index contributed by atoms with van der Waals surface area (Å²) in [6, 6.07) is 11.6. The standard InChI is InChI=1S/C22H25N5O3/c1-15(2)26-20-10-7-17(13-19(20)24-21(26)14-25-11-3-4-12-25)23-22(28)16-5-8-18(9-6-16)27(29)30/h5-10,13,15H,3-4,11-12,14H2,1-2H3,(H,23,28). The molecule has 3 aromatic rings. The van der Waals surface area contributed by atoms with Gasteiger partial charge in [-0.25, -0.2) is 4.98 Å². The number of hydrogen-bond acceptors (Lipinski definition) is 5. The molecule has 8 heteroatoms. The summed E-state index contributed by atoms with van der Waals surface area (Å²) in [5.74, 6) is 0.727. The van der Waals surface area contributed by atoms with E-state index in [0.717, 1.165) is 36.5 Å². The van der Waals surface area contributed by atoms with Crippen LogP contribution in [-0.2, 0) is 6.54 Å². The van der Waals surface area contributed by atoms with E-state index in [1.165, 1.54) is 37.1 Å². The lowest BCUT2D eigenvalue weighted by atomic mass is 10.2. The lowest BCUT2D eigenvalue weighted by molar-refractivity contribution is -0.384. The second-order valence-corrected chi connectivity index (χ2v) is 7.94. The summed E-state index contributed by atoms with van der Waals surface area (Å²) < 4.78 is 2.26. The molecule has 30 heavy (non-hydrogen) atoms. The lowest BCUT2D eigenvalue weighted by Gasteiger charge is -2.18. The average molecular weight is 407 g/mol. The molecule has 1 N–H and O–H groups in total. The highest BCUT2D eigenvalue weighted by atomic mass is 16.6. The largest absolute Gasteiger partial charge is 0.324 e. The van der Waals surface area contributed by atoms with Gasteiger partial charge in [0.2, 0.25) is 0 Å². The number of aromatic nitrogens is 2. The Morgan fingerprint density at radius 2 is 1.87 bits per heavy atom. The molecule has 1 saturated heterocycles. The molecule has 1 aromatic heterocycles. The predicted molar refractivity (Wildman–Crippen MR) is 116 cm³/mol. The van der Waals surface area contributed by atoms with Gasteiger partial charge in [-0.15, -0.1) is 0 Å². The number of non-ortho nitro benzene ring substituents is 1. The number of nitro benzene ring substituents is 1. The summed E-state index contributed by atoms with van der Waals surface area (Å²) in [7, 11) is 0. The molecule has 1 aliphatic rings. The van der Waals surface area contributed by atoms with Gasteiger partial charge in [0.1, 0.15) is 5.82 Å². The van der Waals surface area contributed by atoms with Gasteiger partial charge in [-0.3, -0.25) is 19.8 Å². The highest BCUT2D eigenvalue weighted by Gasteiger charge is 2.19. The maximum atomic E-state index is 12.5. The molecule has 0 aliphatic carbocycles. The Balaban J connectivity index is 1.57. The summed E-state index contributed by atoms with van der Waals surface area (Å²) in [4.78, 5) is 30.1. The van der Waals surface area contributed by atoms with Crippen LogP contribution in [-0.4, -0.2) is 38.4 Å². The van der Waals surface area contributed by atoms with Crippen LogP contribution in [0, 0.1) is 10.1 Å². The van der Waals surface area contributed by atoms with Crippen molar-refractivity contribution in [1.82, 2.24) is 14.5 Å². The van der Waals surface area contributed by atoms with Crippen LogP contribution >= 0.6 is 0 Å². The summed E-state index contributed by atoms with van der Waals surface area (Å²) in [5, 5.41) is 13.6. The van der Waals surface area contributed by atoms with Gasteiger partial charge in [0.05, 0.1) is 22.5 Å². The van der Waals surface area contributed by atoms with Gasteiger partial charge in [-0.05, 0) is 70.1 Å². The molecule has 0 unspecified atom stereocenters. The zero-order valence-corrected chi connectivity index (χ0v) is 17.2. The number of anilines is 1. The van der Waals surface area contributed by atoms with Gasteiger partial charge in [0.15, 0.2) is 0 Å². The van der Waals surface area contributed by atoms with E-state index in [-0.39, 0.29) is 17.6 Å². The van der Waals surface area contributed by atoms with Gasteiger partial charge in [-0.2, -0.15) is 0 Å². The molecule has 1 aliphatic heterocycles. The van der Waals surface area contributed by atoms with E-state index >= 15 is 0 Å². The topological polar surface area (TPSA) is 93.3 Å². The van der Waals surface area contributed by atoms with Crippen molar-refractivity contribution in [2.45, 2.75) is 39.3 Å². The molecule has 2 heterocycles. The van der Waals surface area contributed by atoms with Crippen LogP contribution in [0.1, 0.15) is 48.9 Å². The molecule has 1 amide bonds. The molecule has 0 spiro atoms. The van der Waals surface area contributed by atoms with Crippen molar-refractivity contribution in [3.63, 3.8) is 0 Å². The first-order valence-corrected chi connectivity index (χ1v) is 10.2. The summed E-state index contributed by atoms with van der Waals surface area (Å²) in [5.41, 5.74) is 2.86. The van der Waals surface area contributed by atoms with Crippen molar-refractivity contribution >= 4 is 28.3 Å². The Morgan fingerprint density at radius 1 is 1.17 bits per heavy atom. The number of hydrogen-bond donors (Lipinski definition) is 1. The third-order valence-electron chi connectivity index (χ3n) is 5.44. The molecule has 0 bridgehead atoms. The van der Waals surface area contributed by atoms with E-state index in [9.17, 15) is 14.9 Å². The van der Waals surface area contributed by atoms with Gasteiger partial charge in [0.25, 0.3) is 11.6 Å². The smallest absolute Gasteiger partial charge is 0.269 e. The minimum absolute atomic E-state index is 0.0438. The second kappa shape index (κ2) is 8.23. The molecule has 2 aromatic carbocycles. The number of nitrogens with one attached hydrogen (secondary N) is 1. The number of likely N-dealkylation sites (tertiary alicyclic amines) is 1. The number of nitro groups is 1. The van der Waals surface area contributed by atoms with Gasteiger partial charge >= 0.3 is 0 Å². The van der Waals surface area contributed by atoms with Gasteiger partial charge in [-0.1, -0.05) is 0 Å². The van der Waals surface area contributed by atoms with Crippen LogP contribution in [0.15, 0.2) is 42.5 Å². The summed E-state index contributed by atoms with van der Waals surface area (Å²) >= 11 is 0. The number of nitrogens with zero attached hydrogens (tertiary/aromatic N) is 4. The van der Waals surface area contributed by atoms with Crippen molar-refractivity contribution in [2.24, 2.45) is 0 Å². The first-order chi connectivity index (χ1) is 14.4. The van der Waals surface area contributed by atoms with Crippen LogP contribution in [0.2, 0.25) is 0 Å². The van der Waals surface area contributed by atoms with Crippen molar-refractivity contribution in [3.8, 4) is 0 Å². The monoisotopic (exact) mass is 407 g/mol. The van der Waals surface area contributed by atoms with Gasteiger partial charge < -0.3 is 9.88 Å². The Labute approximate surface area is 174 Å². The van der Waals surface area contributed by atoms with E-state index in [2.05, 4.69) is 28.6 Å². The number of amides is 1. The zero-order valence-electron chi connectivity index (χ0n) is 17.2. The Hall–Kier alpha value is -3.26. The fraction of sp³-hybridized carbons (Fsp3) is 0.364. The van der Waals surface area contributed by atoms with Crippen LogP contribution in [0.25, 0.3) is 11.0 Å². The Kier molecular flexibility index (Phi) is 5.50. The SMILES string of the molecule is CC(C)n1c(CN2CCCC2)nc2cc(NC(=O)c3ccc([N+](=O)[O-])cc3)ccc21. The third-order valence-corrected chi connectivity index (χ3v) is 5.44. The molecule has 0 atom stereocenters. The number of imidazole rings is 1. The minimum Gasteiger partial charge on any atom is -0.324 e. The second-order valence-electron chi connectivity index (χ2n) is 7.94. The van der Waals surface area contributed by atoms with E-state index in [4.69, 9.17) is 4.98 Å². The molecule has 8 nitrogen and oxygen atoms in total. The van der Waals surface area contributed by atoms with Crippen molar-refractivity contribution < 1.29 is 9.72 Å². The Bertz CT molecular complexity index is 1080. The molecule has 4 rings (SSSR count). The van der Waals surface area contributed by atoms with Gasteiger partial charge in [0, 0.05) is 29.4 Å². The fourth-order valence-electron chi connectivity index (χ4n) is 3.99. The lowest BCUT2D eigenvalue weighted by Crippen LogP contribution is -2.21. The maximum absolute atomic E-state index is 12.5. The molecule has 1 fully saturated rings. The van der Waals surface area contributed by atoms with Crippen LogP contribution in [0.4, 0.5) is 11.4 Å². The number of fused-ring (bicyclic) bond motifs is 1. The van der Waals surface area contributed by atoms with E-state index in [1.54, 1.807) is 0 Å². The maximum Gasteiger partial charge on any atom is 0.269 e. The third kappa shape index (κ3) is 4.04. The number of benzene rings is 2. The van der Waals surface area contributed by atoms with Crippen molar-refractivity contribution in [3.05, 3.63) is 64.0 Å². The van der Waals surface area contributed by atoms with E-state index < -0.39 is 4.92 Å². The van der Waals surface area contributed by atoms with Crippen LogP contribution in [0.3, 0.4) is 0 Å². The quantitative estimate of drug-likeness (QED) is 0.484. The number of carbonyl (C=O) groups excluding carboxylic acids is 1. The van der Waals surface area contributed by atoms with Crippen LogP contribution in [0.5, 0.6) is 0 Å². The molecular weight excluding hydrogens is 382 g/mol. The number of rotatable bonds is 6. The van der Waals surface area contributed by atoms with E-state index in [0.29, 0.717) is 11.3 Å². The highest BCUT2D eigenvalue weighted by molar-refractivity contribution is 6.05. The first-order valence-electron chi connectivity index (χ1n) is 10.2. The van der Waals surface area contributed by atoms with Crippen LogP contribution < -0.4 is 5.32 Å². The molecular formula is C22H25N5O3. The summed E-state index contributed by atoms with van der Waals surface area (Å²) in [6.07, 6.45) is 2.47. The van der Waals surface area contributed by atoms with Crippen molar-refractivity contribution in [2.75, 3.05) is 18.4 Å². The van der Waals surface area contributed by atoms with Crippen molar-refractivity contribution in [1.29, 1.82) is 0 Å². The predicted octanol–water partition coefficient (Wildman–Crippen LogP) is 4.37. The highest BCUT2D eigenvalue weighted by Crippen LogP contribution is 2.26. The Morgan fingerprint density at radius 3 is 2.50 bits per heavy atom. The summed E-state index contributed by atoms with van der Waals surface area (Å²) in [6.45, 7) is 7.35. The number of carbonyl (C=O) groups is 1. The first kappa shape index (κ1) is 20.0. The fourth-order valence-corrected chi connectivity index (χ4v) is 3.99. The molecule has 0 saturated carbocycles. The zero-order chi connectivity index (χ0) is 21.3.